The van der Waals surface area contributed by atoms with E-state index in [9.17, 15) is 8.42 Å². The predicted molar refractivity (Wildman–Crippen MR) is 120 cm³/mol. The maximum absolute atomic E-state index is 13.2. The van der Waals surface area contributed by atoms with Gasteiger partial charge in [0.15, 0.2) is 11.5 Å². The van der Waals surface area contributed by atoms with Gasteiger partial charge in [0.05, 0.1) is 24.8 Å². The molecule has 3 rings (SSSR count). The van der Waals surface area contributed by atoms with E-state index in [1.54, 1.807) is 13.0 Å². The first-order valence-corrected chi connectivity index (χ1v) is 11.9. The van der Waals surface area contributed by atoms with Crippen molar-refractivity contribution in [2.24, 2.45) is 0 Å². The summed E-state index contributed by atoms with van der Waals surface area (Å²) >= 11 is 0. The second kappa shape index (κ2) is 9.71. The zero-order chi connectivity index (χ0) is 21.7. The van der Waals surface area contributed by atoms with Gasteiger partial charge in [-0.2, -0.15) is 0 Å². The highest BCUT2D eigenvalue weighted by Gasteiger charge is 2.23. The second-order valence-electron chi connectivity index (χ2n) is 7.94. The van der Waals surface area contributed by atoms with Gasteiger partial charge in [0.2, 0.25) is 0 Å². The minimum atomic E-state index is -3.79. The second-order valence-corrected chi connectivity index (χ2v) is 9.59. The highest BCUT2D eigenvalue weighted by molar-refractivity contribution is 7.92. The van der Waals surface area contributed by atoms with Gasteiger partial charge in [0.25, 0.3) is 10.0 Å². The summed E-state index contributed by atoms with van der Waals surface area (Å²) in [6.07, 6.45) is 6.25. The summed E-state index contributed by atoms with van der Waals surface area (Å²) in [6.45, 7) is 2.45. The highest BCUT2D eigenvalue weighted by Crippen LogP contribution is 2.33. The quantitative estimate of drug-likeness (QED) is 0.661. The first-order chi connectivity index (χ1) is 14.4. The van der Waals surface area contributed by atoms with Gasteiger partial charge in [-0.3, -0.25) is 9.62 Å². The Balaban J connectivity index is 1.85. The van der Waals surface area contributed by atoms with E-state index in [1.165, 1.54) is 52.4 Å². The van der Waals surface area contributed by atoms with Crippen LogP contribution in [0.4, 0.5) is 5.69 Å². The number of nitrogens with zero attached hydrogens (tertiary/aromatic N) is 1. The summed E-state index contributed by atoms with van der Waals surface area (Å²) in [6, 6.07) is 11.3. The Hall–Kier alpha value is -2.25. The number of hydrogen-bond acceptors (Lipinski definition) is 5. The fourth-order valence-corrected chi connectivity index (χ4v) is 5.47. The van der Waals surface area contributed by atoms with Crippen molar-refractivity contribution in [3.63, 3.8) is 0 Å². The average molecular weight is 433 g/mol. The molecule has 0 aromatic heterocycles. The molecule has 2 aromatic rings. The molecule has 1 N–H and O–H groups in total. The van der Waals surface area contributed by atoms with Crippen molar-refractivity contribution in [3.05, 3.63) is 47.5 Å². The molecule has 0 saturated heterocycles. The van der Waals surface area contributed by atoms with Crippen LogP contribution < -0.4 is 14.2 Å². The number of aryl methyl sites for hydroxylation is 1. The van der Waals surface area contributed by atoms with Crippen LogP contribution in [0.1, 0.15) is 43.2 Å². The van der Waals surface area contributed by atoms with Crippen molar-refractivity contribution >= 4 is 15.7 Å². The fourth-order valence-electron chi connectivity index (χ4n) is 4.13. The zero-order valence-corrected chi connectivity index (χ0v) is 19.1. The van der Waals surface area contributed by atoms with Crippen LogP contribution in [0.25, 0.3) is 0 Å². The van der Waals surface area contributed by atoms with Crippen LogP contribution in [0.2, 0.25) is 0 Å². The Morgan fingerprint density at radius 3 is 2.33 bits per heavy atom. The van der Waals surface area contributed by atoms with Gasteiger partial charge in [-0.15, -0.1) is 0 Å². The van der Waals surface area contributed by atoms with Crippen LogP contribution in [-0.4, -0.2) is 40.6 Å². The minimum absolute atomic E-state index is 0.176. The van der Waals surface area contributed by atoms with E-state index in [4.69, 9.17) is 9.47 Å². The smallest absolute Gasteiger partial charge is 0.262 e. The highest BCUT2D eigenvalue weighted by atomic mass is 32.2. The van der Waals surface area contributed by atoms with Gasteiger partial charge in [-0.1, -0.05) is 37.5 Å². The first kappa shape index (κ1) is 22.4. The maximum Gasteiger partial charge on any atom is 0.262 e. The summed E-state index contributed by atoms with van der Waals surface area (Å²) < 4.78 is 39.8. The van der Waals surface area contributed by atoms with Gasteiger partial charge in [0, 0.05) is 18.7 Å². The van der Waals surface area contributed by atoms with E-state index in [0.717, 1.165) is 5.56 Å². The van der Waals surface area contributed by atoms with E-state index in [1.807, 2.05) is 24.3 Å². The molecule has 0 bridgehead atoms. The largest absolute Gasteiger partial charge is 0.493 e. The van der Waals surface area contributed by atoms with Crippen LogP contribution in [0.15, 0.2) is 41.3 Å². The van der Waals surface area contributed by atoms with Gasteiger partial charge in [-0.05, 0) is 50.1 Å². The summed E-state index contributed by atoms with van der Waals surface area (Å²) in [5.74, 6) is 0.886. The lowest BCUT2D eigenvalue weighted by Crippen LogP contribution is -2.33. The van der Waals surface area contributed by atoms with Gasteiger partial charge < -0.3 is 9.47 Å². The molecule has 0 radical (unpaired) electrons. The molecule has 7 heteroatoms. The van der Waals surface area contributed by atoms with Crippen LogP contribution in [0.5, 0.6) is 11.5 Å². The molecule has 0 spiro atoms. The van der Waals surface area contributed by atoms with E-state index in [-0.39, 0.29) is 4.90 Å². The third-order valence-electron chi connectivity index (χ3n) is 5.85. The molecule has 0 aliphatic heterocycles. The molecule has 2 aromatic carbocycles. The van der Waals surface area contributed by atoms with Gasteiger partial charge in [-0.25, -0.2) is 8.42 Å². The Morgan fingerprint density at radius 1 is 1.03 bits per heavy atom. The number of anilines is 1. The average Bonchev–Trinajstić information content (AvgIpc) is 2.75. The lowest BCUT2D eigenvalue weighted by atomic mass is 9.94. The van der Waals surface area contributed by atoms with Crippen LogP contribution >= 0.6 is 0 Å². The summed E-state index contributed by atoms with van der Waals surface area (Å²) in [7, 11) is 1.36. The third-order valence-corrected chi connectivity index (χ3v) is 7.36. The zero-order valence-electron chi connectivity index (χ0n) is 18.3. The Morgan fingerprint density at radius 2 is 1.67 bits per heavy atom. The van der Waals surface area contributed by atoms with Crippen molar-refractivity contribution in [1.82, 2.24) is 4.90 Å². The topological polar surface area (TPSA) is 67.9 Å². The van der Waals surface area contributed by atoms with Crippen molar-refractivity contribution < 1.29 is 17.9 Å². The molecule has 1 saturated carbocycles. The van der Waals surface area contributed by atoms with Crippen LogP contribution in [0.3, 0.4) is 0 Å². The molecule has 1 aliphatic rings. The Labute approximate surface area is 180 Å². The van der Waals surface area contributed by atoms with Crippen molar-refractivity contribution in [2.75, 3.05) is 26.0 Å². The molecule has 0 amide bonds. The number of rotatable bonds is 8. The van der Waals surface area contributed by atoms with E-state index >= 15 is 0 Å². The van der Waals surface area contributed by atoms with Gasteiger partial charge >= 0.3 is 0 Å². The first-order valence-electron chi connectivity index (χ1n) is 10.4. The van der Waals surface area contributed by atoms with Crippen molar-refractivity contribution in [1.29, 1.82) is 0 Å². The van der Waals surface area contributed by atoms with E-state index in [2.05, 4.69) is 16.7 Å². The Kier molecular flexibility index (Phi) is 7.26. The normalized spacial score (nSPS) is 15.2. The molecule has 30 heavy (non-hydrogen) atoms. The predicted octanol–water partition coefficient (Wildman–Crippen LogP) is 4.58. The molecule has 0 unspecified atom stereocenters. The van der Waals surface area contributed by atoms with E-state index in [0.29, 0.717) is 35.3 Å². The monoisotopic (exact) mass is 432 g/mol. The molecular weight excluding hydrogens is 400 g/mol. The van der Waals surface area contributed by atoms with Gasteiger partial charge in [0.1, 0.15) is 0 Å². The Bertz CT molecular complexity index is 969. The number of nitrogens with one attached hydrogen (secondary N) is 1. The minimum Gasteiger partial charge on any atom is -0.493 e. The molecule has 0 atom stereocenters. The third kappa shape index (κ3) is 5.08. The number of para-hydroxylation sites is 1. The molecular formula is C23H32N2O4S. The summed E-state index contributed by atoms with van der Waals surface area (Å²) in [5.41, 5.74) is 2.17. The molecule has 164 valence electrons. The van der Waals surface area contributed by atoms with Crippen molar-refractivity contribution in [2.45, 2.75) is 56.5 Å². The van der Waals surface area contributed by atoms with Crippen LogP contribution in [-0.2, 0) is 16.6 Å². The fraction of sp³-hybridized carbons (Fsp3) is 0.478. The SMILES string of the molecule is COc1cc(C)c(S(=O)(=O)Nc2ccccc2CN(C)C2CCCCC2)cc1OC. The molecule has 6 nitrogen and oxygen atoms in total. The molecule has 1 fully saturated rings. The van der Waals surface area contributed by atoms with E-state index < -0.39 is 10.0 Å². The summed E-state index contributed by atoms with van der Waals surface area (Å²) in [5, 5.41) is 0. The number of ether oxygens (including phenoxy) is 2. The van der Waals surface area contributed by atoms with Crippen molar-refractivity contribution in [3.8, 4) is 11.5 Å². The lowest BCUT2D eigenvalue weighted by Gasteiger charge is -2.31. The van der Waals surface area contributed by atoms with Crippen LogP contribution in [0, 0.1) is 6.92 Å². The summed E-state index contributed by atoms with van der Waals surface area (Å²) in [4.78, 5) is 2.52. The molecule has 1 aliphatic carbocycles. The number of sulfonamides is 1. The standard InChI is InChI=1S/C23H32N2O4S/c1-17-14-21(28-3)22(29-4)15-23(17)30(26,27)24-20-13-9-8-10-18(20)16-25(2)19-11-6-5-7-12-19/h8-10,13-15,19,24H,5-7,11-12,16H2,1-4H3. The lowest BCUT2D eigenvalue weighted by molar-refractivity contribution is 0.185. The number of hydrogen-bond donors (Lipinski definition) is 1. The maximum atomic E-state index is 13.2. The molecule has 0 heterocycles. The number of methoxy groups -OCH3 is 2. The number of benzene rings is 2.